The van der Waals surface area contributed by atoms with E-state index in [0.29, 0.717) is 5.92 Å². The summed E-state index contributed by atoms with van der Waals surface area (Å²) in [7, 11) is 3.34. The molecule has 1 N–H and O–H groups in total. The Labute approximate surface area is 201 Å². The van der Waals surface area contributed by atoms with Crippen LogP contribution in [0.3, 0.4) is 0 Å². The molecule has 6 heteroatoms. The molecule has 1 saturated carbocycles. The average Bonchev–Trinajstić information content (AvgIpc) is 3.66. The molecule has 0 radical (unpaired) electrons. The Hall–Kier alpha value is -2.73. The van der Waals surface area contributed by atoms with Crippen LogP contribution in [0.25, 0.3) is 11.1 Å². The first kappa shape index (κ1) is 21.8. The maximum Gasteiger partial charge on any atom is 0.407 e. The monoisotopic (exact) mass is 462 g/mol. The van der Waals surface area contributed by atoms with Crippen LogP contribution in [-0.2, 0) is 11.2 Å². The molecule has 7 rings (SSSR count). The lowest BCUT2D eigenvalue weighted by molar-refractivity contribution is -0.0347. The summed E-state index contributed by atoms with van der Waals surface area (Å²) >= 11 is 0. The lowest BCUT2D eigenvalue weighted by Crippen LogP contribution is -2.53. The number of para-hydroxylation sites is 1. The molecular weight excluding hydrogens is 428 g/mol. The van der Waals surface area contributed by atoms with Crippen LogP contribution in [0.5, 0.6) is 11.5 Å². The highest BCUT2D eigenvalue weighted by molar-refractivity contribution is 5.75. The summed E-state index contributed by atoms with van der Waals surface area (Å²) < 4.78 is 17.2. The van der Waals surface area contributed by atoms with Crippen molar-refractivity contribution in [2.24, 2.45) is 11.3 Å². The van der Waals surface area contributed by atoms with Crippen LogP contribution in [0.4, 0.5) is 4.79 Å². The summed E-state index contributed by atoms with van der Waals surface area (Å²) in [5, 5.41) is 3.31. The molecule has 3 heterocycles. The van der Waals surface area contributed by atoms with Crippen molar-refractivity contribution in [1.29, 1.82) is 0 Å². The van der Waals surface area contributed by atoms with Gasteiger partial charge in [-0.25, -0.2) is 4.79 Å². The number of carbonyl (C=O) groups excluding carboxylic acids is 1. The molecule has 2 bridgehead atoms. The second kappa shape index (κ2) is 8.49. The summed E-state index contributed by atoms with van der Waals surface area (Å²) in [5.41, 5.74) is 4.85. The van der Waals surface area contributed by atoms with Crippen molar-refractivity contribution < 1.29 is 19.0 Å². The van der Waals surface area contributed by atoms with E-state index in [1.807, 2.05) is 12.1 Å². The SMILES string of the molecule is COc1cccc(-c2ccc3c(c2)CCC2(CC2)C3NC(=O)O[C@H]2CN3CCC2CC3)c1OC. The molecule has 2 aromatic rings. The summed E-state index contributed by atoms with van der Waals surface area (Å²) in [4.78, 5) is 15.5. The molecule has 4 fully saturated rings. The predicted octanol–water partition coefficient (Wildman–Crippen LogP) is 4.96. The van der Waals surface area contributed by atoms with Crippen LogP contribution in [0.15, 0.2) is 36.4 Å². The first-order valence-electron chi connectivity index (χ1n) is 12.6. The molecule has 34 heavy (non-hydrogen) atoms. The van der Waals surface area contributed by atoms with Gasteiger partial charge in [-0.1, -0.05) is 30.3 Å². The largest absolute Gasteiger partial charge is 0.493 e. The zero-order valence-corrected chi connectivity index (χ0v) is 20.1. The number of aryl methyl sites for hydroxylation is 1. The molecule has 6 nitrogen and oxygen atoms in total. The van der Waals surface area contributed by atoms with Gasteiger partial charge in [0, 0.05) is 12.1 Å². The van der Waals surface area contributed by atoms with Crippen LogP contribution in [-0.4, -0.2) is 51.0 Å². The topological polar surface area (TPSA) is 60.0 Å². The van der Waals surface area contributed by atoms with Crippen molar-refractivity contribution in [2.75, 3.05) is 33.9 Å². The molecular formula is C28H34N2O4. The number of hydrogen-bond acceptors (Lipinski definition) is 5. The van der Waals surface area contributed by atoms with E-state index < -0.39 is 0 Å². The van der Waals surface area contributed by atoms with Crippen LogP contribution in [0.2, 0.25) is 0 Å². The molecule has 2 atom stereocenters. The van der Waals surface area contributed by atoms with Crippen molar-refractivity contribution in [3.8, 4) is 22.6 Å². The number of piperidine rings is 3. The standard InChI is InChI=1S/C28H34N2O4/c1-32-23-5-3-4-21(25(23)33-2)19-6-7-22-20(16-19)8-11-28(12-13-28)26(22)29-27(31)34-24-17-30-14-9-18(24)10-15-30/h3-7,16,18,24,26H,8-15,17H2,1-2H3,(H,29,31)/t24-,26?/m0/s1. The Bertz CT molecular complexity index is 1090. The van der Waals surface area contributed by atoms with E-state index in [0.717, 1.165) is 67.9 Å². The molecule has 1 spiro atoms. The number of ether oxygens (including phenoxy) is 3. The van der Waals surface area contributed by atoms with Gasteiger partial charge in [-0.15, -0.1) is 0 Å². The van der Waals surface area contributed by atoms with E-state index in [-0.39, 0.29) is 23.7 Å². The van der Waals surface area contributed by atoms with Gasteiger partial charge >= 0.3 is 6.09 Å². The highest BCUT2D eigenvalue weighted by Crippen LogP contribution is 2.61. The smallest absolute Gasteiger partial charge is 0.407 e. The second-order valence-electron chi connectivity index (χ2n) is 10.5. The fraction of sp³-hybridized carbons (Fsp3) is 0.536. The molecule has 0 aromatic heterocycles. The number of carbonyl (C=O) groups is 1. The van der Waals surface area contributed by atoms with Gasteiger partial charge < -0.3 is 19.5 Å². The highest BCUT2D eigenvalue weighted by atomic mass is 16.6. The van der Waals surface area contributed by atoms with Crippen LogP contribution < -0.4 is 14.8 Å². The van der Waals surface area contributed by atoms with Gasteiger partial charge in [0.2, 0.25) is 0 Å². The van der Waals surface area contributed by atoms with Gasteiger partial charge in [0.15, 0.2) is 11.5 Å². The third kappa shape index (κ3) is 3.72. The number of nitrogens with one attached hydrogen (secondary N) is 1. The zero-order chi connectivity index (χ0) is 23.3. The fourth-order valence-electron chi connectivity index (χ4n) is 6.51. The number of benzene rings is 2. The predicted molar refractivity (Wildman–Crippen MR) is 130 cm³/mol. The second-order valence-corrected chi connectivity index (χ2v) is 10.5. The van der Waals surface area contributed by atoms with E-state index in [1.165, 1.54) is 24.0 Å². The third-order valence-corrected chi connectivity index (χ3v) is 8.68. The minimum atomic E-state index is -0.249. The Morgan fingerprint density at radius 2 is 1.88 bits per heavy atom. The fourth-order valence-corrected chi connectivity index (χ4v) is 6.51. The first-order valence-corrected chi connectivity index (χ1v) is 12.6. The molecule has 2 aliphatic carbocycles. The van der Waals surface area contributed by atoms with Crippen molar-refractivity contribution in [1.82, 2.24) is 10.2 Å². The van der Waals surface area contributed by atoms with Crippen LogP contribution in [0.1, 0.15) is 49.3 Å². The normalized spacial score (nSPS) is 28.2. The van der Waals surface area contributed by atoms with Crippen molar-refractivity contribution in [2.45, 2.75) is 50.7 Å². The van der Waals surface area contributed by atoms with E-state index in [2.05, 4.69) is 34.5 Å². The summed E-state index contributed by atoms with van der Waals surface area (Å²) in [6.07, 6.45) is 6.54. The Kier molecular flexibility index (Phi) is 5.44. The number of nitrogens with zero attached hydrogens (tertiary/aromatic N) is 1. The van der Waals surface area contributed by atoms with E-state index in [4.69, 9.17) is 14.2 Å². The van der Waals surface area contributed by atoms with Gasteiger partial charge in [-0.2, -0.15) is 0 Å². The molecule has 180 valence electrons. The summed E-state index contributed by atoms with van der Waals surface area (Å²) in [5.74, 6) is 1.99. The number of hydrogen-bond donors (Lipinski definition) is 1. The van der Waals surface area contributed by atoms with Gasteiger partial charge in [-0.05, 0) is 85.7 Å². The number of amides is 1. The van der Waals surface area contributed by atoms with Gasteiger partial charge in [0.1, 0.15) is 6.10 Å². The third-order valence-electron chi connectivity index (χ3n) is 8.68. The van der Waals surface area contributed by atoms with Crippen molar-refractivity contribution in [3.05, 3.63) is 47.5 Å². The lowest BCUT2D eigenvalue weighted by atomic mass is 9.76. The van der Waals surface area contributed by atoms with Crippen molar-refractivity contribution >= 4 is 6.09 Å². The maximum absolute atomic E-state index is 13.0. The van der Waals surface area contributed by atoms with Gasteiger partial charge in [0.05, 0.1) is 20.3 Å². The Morgan fingerprint density at radius 1 is 1.06 bits per heavy atom. The van der Waals surface area contributed by atoms with Crippen molar-refractivity contribution in [3.63, 3.8) is 0 Å². The minimum absolute atomic E-state index is 0.0195. The molecule has 3 aliphatic heterocycles. The van der Waals surface area contributed by atoms with Crippen LogP contribution >= 0.6 is 0 Å². The maximum atomic E-state index is 13.0. The number of fused-ring (bicyclic) bond motifs is 4. The summed E-state index contributed by atoms with van der Waals surface area (Å²) in [6, 6.07) is 12.6. The molecule has 2 aromatic carbocycles. The summed E-state index contributed by atoms with van der Waals surface area (Å²) in [6.45, 7) is 3.17. The Morgan fingerprint density at radius 3 is 2.56 bits per heavy atom. The lowest BCUT2D eigenvalue weighted by Gasteiger charge is -2.44. The van der Waals surface area contributed by atoms with Crippen LogP contribution in [0, 0.1) is 11.3 Å². The van der Waals surface area contributed by atoms with E-state index >= 15 is 0 Å². The number of alkyl carbamates (subject to hydrolysis) is 1. The zero-order valence-electron chi connectivity index (χ0n) is 20.1. The van der Waals surface area contributed by atoms with E-state index in [1.54, 1.807) is 14.2 Å². The molecule has 1 amide bonds. The van der Waals surface area contributed by atoms with E-state index in [9.17, 15) is 4.79 Å². The highest BCUT2D eigenvalue weighted by Gasteiger charge is 2.53. The quantitative estimate of drug-likeness (QED) is 0.681. The van der Waals surface area contributed by atoms with Gasteiger partial charge in [-0.3, -0.25) is 4.90 Å². The molecule has 3 saturated heterocycles. The number of methoxy groups -OCH3 is 2. The average molecular weight is 463 g/mol. The minimum Gasteiger partial charge on any atom is -0.493 e. The molecule has 1 unspecified atom stereocenters. The van der Waals surface area contributed by atoms with Gasteiger partial charge in [0.25, 0.3) is 0 Å². The molecule has 5 aliphatic rings. The Balaban J connectivity index is 1.25. The number of rotatable bonds is 5. The first-order chi connectivity index (χ1) is 16.6.